The smallest absolute Gasteiger partial charge is 0.300 e. The van der Waals surface area contributed by atoms with Crippen LogP contribution in [0.3, 0.4) is 0 Å². The van der Waals surface area contributed by atoms with Crippen LogP contribution in [0.2, 0.25) is 5.15 Å². The van der Waals surface area contributed by atoms with Gasteiger partial charge in [0.2, 0.25) is 5.88 Å². The molecule has 83 heavy (non-hydrogen) atoms. The molecule has 0 saturated carbocycles. The van der Waals surface area contributed by atoms with Gasteiger partial charge in [-0.25, -0.2) is 24.9 Å². The molecule has 5 N–H and O–H groups in total. The van der Waals surface area contributed by atoms with Crippen LogP contribution >= 0.6 is 11.6 Å². The Balaban J connectivity index is 0.000000168. The number of piperidine rings is 2. The third-order valence-electron chi connectivity index (χ3n) is 13.1. The Hall–Kier alpha value is -9.25. The lowest BCUT2D eigenvalue weighted by Crippen LogP contribution is -2.49. The highest BCUT2D eigenvalue weighted by atomic mass is 35.5. The SMILES string of the molecule is CC(=O)O.C[C@@H]1CC[C@@H](Oc2nccc3ncn(C)c23)CN1C(=O)c1ccccc1-n1nccn1.C[C@@H]1CC[C@H](OS(C)(=O)=O)CN1C(=O)c1ccccc1-n1nccn1.Cn1cnc2cc[nH]c(=O)c21.Cn1cnc2ccnc(Cl)c21.N. The van der Waals surface area contributed by atoms with Crippen molar-refractivity contribution >= 4 is 72.6 Å². The Bertz CT molecular complexity index is 3980. The number of pyridine rings is 3. The van der Waals surface area contributed by atoms with Gasteiger partial charge >= 0.3 is 0 Å². The van der Waals surface area contributed by atoms with Crippen LogP contribution in [0.4, 0.5) is 0 Å². The monoisotopic (exact) mass is 1170 g/mol. The van der Waals surface area contributed by atoms with Crippen molar-refractivity contribution in [3.63, 3.8) is 0 Å². The summed E-state index contributed by atoms with van der Waals surface area (Å²) in [6, 6.07) is 20.0. The number of halogens is 1. The molecule has 2 fully saturated rings. The van der Waals surface area contributed by atoms with E-state index in [1.807, 2.05) is 77.5 Å². The van der Waals surface area contributed by atoms with Crippen molar-refractivity contribution in [2.24, 2.45) is 21.1 Å². The zero-order valence-corrected chi connectivity index (χ0v) is 48.1. The molecule has 8 aromatic heterocycles. The first kappa shape index (κ1) is 61.4. The number of fused-ring (bicyclic) bond motifs is 3. The first-order chi connectivity index (χ1) is 39.3. The Morgan fingerprint density at radius 2 is 1.05 bits per heavy atom. The molecule has 2 amide bonds. The molecule has 2 aliphatic heterocycles. The van der Waals surface area contributed by atoms with E-state index in [4.69, 9.17) is 30.4 Å². The lowest BCUT2D eigenvalue weighted by Gasteiger charge is -2.38. The minimum atomic E-state index is -3.56. The number of carboxylic acids is 1. The second kappa shape index (κ2) is 27.5. The standard InChI is InChI=1S/C22H23N7O2.C16H20N4O4S.C7H6ClN3.C7H7N3O.C2H4O2.H3N/c1-15-7-8-16(31-21-20-18(9-10-23-21)24-14-27(20)2)13-28(15)22(30)17-5-3-4-6-19(17)29-25-11-12-26-29;1-12-7-8-13(24-25(2,22)23)11-19(12)16(21)14-5-3-4-6-15(14)20-17-9-10-18-20;1-11-4-10-5-2-3-9-7(8)6(5)11;1-10-4-9-5-2-3-8-7(11)6(5)10;1-2(3)4;/h3-6,9-12,14-16H,7-8,13H2,1-2H3;3-6,9-10,12-13H,7-8,11H2,1-2H3;2-4H,1H3;2-4H,1H3,(H,8,11);1H3,(H,3,4);1H3/t15-,16-;12-,13+;;;;/m11..../s1. The molecular formula is C54H63ClN18O9S. The van der Waals surface area contributed by atoms with Gasteiger partial charge in [-0.3, -0.25) is 23.4 Å². The van der Waals surface area contributed by atoms with Crippen molar-refractivity contribution < 1.29 is 36.8 Å². The number of carbonyl (C=O) groups is 3. The van der Waals surface area contributed by atoms with Crippen molar-refractivity contribution in [3.05, 3.63) is 156 Å². The van der Waals surface area contributed by atoms with Crippen LogP contribution in [0, 0.1) is 0 Å². The Kier molecular flexibility index (Phi) is 20.3. The number of likely N-dealkylation sites (tertiary alicyclic amines) is 2. The number of carbonyl (C=O) groups excluding carboxylic acids is 2. The molecule has 4 atom stereocenters. The molecule has 10 aromatic rings. The van der Waals surface area contributed by atoms with E-state index in [1.54, 1.807) is 103 Å². The largest absolute Gasteiger partial charge is 0.481 e. The molecule has 0 radical (unpaired) electrons. The van der Waals surface area contributed by atoms with Crippen LogP contribution in [0.5, 0.6) is 5.88 Å². The molecule has 29 heteroatoms. The summed E-state index contributed by atoms with van der Waals surface area (Å²) in [6.45, 7) is 5.82. The summed E-state index contributed by atoms with van der Waals surface area (Å²) in [6.07, 6.45) is 19.6. The quantitative estimate of drug-likeness (QED) is 0.116. The summed E-state index contributed by atoms with van der Waals surface area (Å²) < 4.78 is 39.6. The van der Waals surface area contributed by atoms with E-state index in [0.29, 0.717) is 58.4 Å². The number of nitrogens with zero attached hydrogens (tertiary/aromatic N) is 16. The number of benzene rings is 2. The van der Waals surface area contributed by atoms with Gasteiger partial charge in [-0.05, 0) is 82.0 Å². The molecule has 27 nitrogen and oxygen atoms in total. The van der Waals surface area contributed by atoms with Crippen LogP contribution in [0.1, 0.15) is 67.2 Å². The average Bonchev–Trinajstić information content (AvgIpc) is 4.46. The van der Waals surface area contributed by atoms with Gasteiger partial charge < -0.3 is 44.5 Å². The number of aromatic amines is 1. The normalized spacial score (nSPS) is 16.6. The number of hydrogen-bond donors (Lipinski definition) is 3. The van der Waals surface area contributed by atoms with E-state index in [9.17, 15) is 22.8 Å². The van der Waals surface area contributed by atoms with Crippen LogP contribution in [-0.4, -0.2) is 158 Å². The average molecular weight is 1180 g/mol. The van der Waals surface area contributed by atoms with Crippen molar-refractivity contribution in [2.75, 3.05) is 19.3 Å². The molecule has 12 rings (SSSR count). The number of nitrogens with one attached hydrogen (secondary N) is 1. The molecule has 2 aromatic carbocycles. The molecule has 10 heterocycles. The third-order valence-corrected chi connectivity index (χ3v) is 14.0. The maximum absolute atomic E-state index is 13.5. The number of ether oxygens (including phenoxy) is 1. The highest BCUT2D eigenvalue weighted by Gasteiger charge is 2.34. The molecule has 436 valence electrons. The first-order valence-electron chi connectivity index (χ1n) is 25.7. The van der Waals surface area contributed by atoms with Crippen LogP contribution in [-0.2, 0) is 40.2 Å². The van der Waals surface area contributed by atoms with Gasteiger partial charge in [0.25, 0.3) is 33.5 Å². The lowest BCUT2D eigenvalue weighted by molar-refractivity contribution is -0.134. The van der Waals surface area contributed by atoms with Gasteiger partial charge in [0.05, 0.1) is 102 Å². The molecular weight excluding hydrogens is 1110 g/mol. The third kappa shape index (κ3) is 15.2. The van der Waals surface area contributed by atoms with Gasteiger partial charge in [-0.1, -0.05) is 35.9 Å². The van der Waals surface area contributed by atoms with Crippen LogP contribution < -0.4 is 16.4 Å². The van der Waals surface area contributed by atoms with E-state index in [0.717, 1.165) is 53.6 Å². The zero-order chi connectivity index (χ0) is 58.7. The molecule has 2 aliphatic rings. The number of carboxylic acid groups (broad SMARTS) is 1. The Labute approximate surface area is 481 Å². The van der Waals surface area contributed by atoms with E-state index in [-0.39, 0.29) is 48.3 Å². The van der Waals surface area contributed by atoms with E-state index >= 15 is 0 Å². The minimum Gasteiger partial charge on any atom is -0.481 e. The number of rotatable bonds is 8. The number of aryl methyl sites for hydroxylation is 3. The van der Waals surface area contributed by atoms with Crippen molar-refractivity contribution in [2.45, 2.75) is 70.7 Å². The molecule has 0 bridgehead atoms. The number of amides is 2. The van der Waals surface area contributed by atoms with Crippen LogP contribution in [0.15, 0.2) is 134 Å². The topological polar surface area (TPSA) is 339 Å². The van der Waals surface area contributed by atoms with Crippen LogP contribution in [0.25, 0.3) is 44.5 Å². The minimum absolute atomic E-state index is 0. The summed E-state index contributed by atoms with van der Waals surface area (Å²) >= 11 is 5.83. The van der Waals surface area contributed by atoms with Gasteiger partial charge in [-0.15, -0.1) is 0 Å². The Morgan fingerprint density at radius 3 is 1.54 bits per heavy atom. The summed E-state index contributed by atoms with van der Waals surface area (Å²) in [5, 5.41) is 24.5. The fourth-order valence-electron chi connectivity index (χ4n) is 9.26. The predicted octanol–water partition coefficient (Wildman–Crippen LogP) is 5.99. The molecule has 2 saturated heterocycles. The molecule has 0 unspecified atom stereocenters. The number of H-pyrrole nitrogens is 1. The number of aromatic nitrogens is 15. The van der Waals surface area contributed by atoms with Gasteiger partial charge in [-0.2, -0.15) is 38.4 Å². The number of para-hydroxylation sites is 2. The second-order valence-electron chi connectivity index (χ2n) is 19.2. The Morgan fingerprint density at radius 1 is 0.614 bits per heavy atom. The van der Waals surface area contributed by atoms with Crippen molar-refractivity contribution in [1.29, 1.82) is 0 Å². The molecule has 0 spiro atoms. The number of hydrogen-bond acceptors (Lipinski definition) is 18. The van der Waals surface area contributed by atoms with Gasteiger partial charge in [0, 0.05) is 65.3 Å². The zero-order valence-electron chi connectivity index (χ0n) is 46.5. The fraction of sp³-hybridized carbons (Fsp3) is 0.315. The molecule has 0 aliphatic carbocycles. The summed E-state index contributed by atoms with van der Waals surface area (Å²) in [7, 11) is 2.05. The second-order valence-corrected chi connectivity index (χ2v) is 21.1. The summed E-state index contributed by atoms with van der Waals surface area (Å²) in [5.74, 6) is -0.534. The summed E-state index contributed by atoms with van der Waals surface area (Å²) in [5.41, 5.74) is 6.99. The van der Waals surface area contributed by atoms with Crippen molar-refractivity contribution in [1.82, 2.24) is 89.5 Å². The fourth-order valence-corrected chi connectivity index (χ4v) is 10.2. The highest BCUT2D eigenvalue weighted by molar-refractivity contribution is 7.86. The summed E-state index contributed by atoms with van der Waals surface area (Å²) in [4.78, 5) is 76.6. The maximum Gasteiger partial charge on any atom is 0.300 e. The number of aliphatic carboxylic acids is 1. The van der Waals surface area contributed by atoms with Gasteiger partial charge in [0.15, 0.2) is 5.15 Å². The first-order valence-corrected chi connectivity index (χ1v) is 27.9. The van der Waals surface area contributed by atoms with E-state index in [2.05, 4.69) is 57.2 Å². The van der Waals surface area contributed by atoms with Gasteiger partial charge in [0.1, 0.15) is 22.7 Å². The predicted molar refractivity (Wildman–Crippen MR) is 308 cm³/mol. The van der Waals surface area contributed by atoms with E-state index in [1.165, 1.54) is 9.59 Å². The lowest BCUT2D eigenvalue weighted by atomic mass is 9.99. The van der Waals surface area contributed by atoms with Crippen molar-refractivity contribution in [3.8, 4) is 17.3 Å². The highest BCUT2D eigenvalue weighted by Crippen LogP contribution is 2.29. The number of imidazole rings is 3. The van der Waals surface area contributed by atoms with E-state index < -0.39 is 22.2 Å². The maximum atomic E-state index is 13.5.